The van der Waals surface area contributed by atoms with Crippen LogP contribution in [0.4, 0.5) is 0 Å². The van der Waals surface area contributed by atoms with E-state index in [0.717, 1.165) is 16.8 Å². The summed E-state index contributed by atoms with van der Waals surface area (Å²) in [5, 5.41) is 9.65. The van der Waals surface area contributed by atoms with Crippen molar-refractivity contribution < 1.29 is 5.11 Å². The Kier molecular flexibility index (Phi) is 2.19. The van der Waals surface area contributed by atoms with Crippen molar-refractivity contribution in [3.63, 3.8) is 0 Å². The van der Waals surface area contributed by atoms with Gasteiger partial charge in [-0.2, -0.15) is 0 Å². The summed E-state index contributed by atoms with van der Waals surface area (Å²) in [6, 6.07) is 11.1. The Bertz CT molecular complexity index is 408. The van der Waals surface area contributed by atoms with Crippen molar-refractivity contribution in [3.05, 3.63) is 48.2 Å². The first kappa shape index (κ1) is 8.75. The van der Waals surface area contributed by atoms with Gasteiger partial charge in [0, 0.05) is 11.8 Å². The van der Waals surface area contributed by atoms with Crippen molar-refractivity contribution in [1.29, 1.82) is 0 Å². The highest BCUT2D eigenvalue weighted by atomic mass is 16.3. The molecule has 14 heavy (non-hydrogen) atoms. The molecular weight excluding hydrogens is 174 g/mol. The lowest BCUT2D eigenvalue weighted by Crippen LogP contribution is -1.87. The molecule has 0 saturated heterocycles. The molecule has 0 aliphatic carbocycles. The molecule has 1 heterocycles. The van der Waals surface area contributed by atoms with Crippen LogP contribution in [-0.4, -0.2) is 10.1 Å². The fourth-order valence-electron chi connectivity index (χ4n) is 1.44. The molecule has 2 rings (SSSR count). The van der Waals surface area contributed by atoms with Crippen molar-refractivity contribution in [1.82, 2.24) is 4.98 Å². The molecule has 0 atom stereocenters. The highest BCUT2D eigenvalue weighted by Crippen LogP contribution is 2.28. The van der Waals surface area contributed by atoms with Gasteiger partial charge >= 0.3 is 0 Å². The van der Waals surface area contributed by atoms with Crippen LogP contribution in [0.1, 0.15) is 5.56 Å². The van der Waals surface area contributed by atoms with Crippen molar-refractivity contribution in [2.24, 2.45) is 0 Å². The number of nitrogens with zero attached hydrogens (tertiary/aromatic N) is 1. The molecule has 1 N–H and O–H groups in total. The number of benzene rings is 1. The monoisotopic (exact) mass is 185 g/mol. The minimum Gasteiger partial charge on any atom is -0.507 e. The van der Waals surface area contributed by atoms with E-state index in [0.29, 0.717) is 0 Å². The topological polar surface area (TPSA) is 33.1 Å². The molecule has 0 bridgehead atoms. The number of hydrogen-bond donors (Lipinski definition) is 1. The molecule has 1 aromatic heterocycles. The van der Waals surface area contributed by atoms with Crippen LogP contribution in [0.2, 0.25) is 0 Å². The fourth-order valence-corrected chi connectivity index (χ4v) is 1.44. The maximum atomic E-state index is 9.65. The predicted molar refractivity (Wildman–Crippen MR) is 56.1 cm³/mol. The van der Waals surface area contributed by atoms with E-state index in [1.54, 1.807) is 18.3 Å². The Balaban J connectivity index is 2.61. The summed E-state index contributed by atoms with van der Waals surface area (Å²) in [6.45, 7) is 1.98. The second-order valence-corrected chi connectivity index (χ2v) is 3.19. The predicted octanol–water partition coefficient (Wildman–Crippen LogP) is 2.76. The van der Waals surface area contributed by atoms with Gasteiger partial charge in [-0.15, -0.1) is 0 Å². The maximum absolute atomic E-state index is 9.65. The van der Waals surface area contributed by atoms with Crippen LogP contribution in [0.15, 0.2) is 42.6 Å². The molecule has 70 valence electrons. The highest BCUT2D eigenvalue weighted by molar-refractivity contribution is 5.68. The average Bonchev–Trinajstić information content (AvgIpc) is 2.20. The Morgan fingerprint density at radius 2 is 1.86 bits per heavy atom. The van der Waals surface area contributed by atoms with Crippen LogP contribution in [-0.2, 0) is 0 Å². The van der Waals surface area contributed by atoms with E-state index in [-0.39, 0.29) is 5.75 Å². The standard InChI is InChI=1S/C12H11NO/c1-9-5-4-8-13-12(9)10-6-2-3-7-11(10)14/h2-8,14H,1H3. The van der Waals surface area contributed by atoms with Crippen molar-refractivity contribution in [3.8, 4) is 17.0 Å². The quantitative estimate of drug-likeness (QED) is 0.741. The van der Waals surface area contributed by atoms with E-state index in [9.17, 15) is 5.11 Å². The normalized spacial score (nSPS) is 10.1. The molecule has 2 aromatic rings. The zero-order chi connectivity index (χ0) is 9.97. The molecule has 2 nitrogen and oxygen atoms in total. The minimum absolute atomic E-state index is 0.273. The van der Waals surface area contributed by atoms with E-state index < -0.39 is 0 Å². The van der Waals surface area contributed by atoms with Crippen LogP contribution >= 0.6 is 0 Å². The molecule has 1 aromatic carbocycles. The summed E-state index contributed by atoms with van der Waals surface area (Å²) in [4.78, 5) is 4.25. The molecule has 0 fully saturated rings. The summed E-state index contributed by atoms with van der Waals surface area (Å²) < 4.78 is 0. The summed E-state index contributed by atoms with van der Waals surface area (Å²) >= 11 is 0. The van der Waals surface area contributed by atoms with E-state index in [1.165, 1.54) is 0 Å². The number of para-hydroxylation sites is 1. The van der Waals surface area contributed by atoms with Crippen molar-refractivity contribution in [2.75, 3.05) is 0 Å². The minimum atomic E-state index is 0.273. The first-order valence-corrected chi connectivity index (χ1v) is 4.49. The molecule has 0 spiro atoms. The lowest BCUT2D eigenvalue weighted by atomic mass is 10.1. The fraction of sp³-hybridized carbons (Fsp3) is 0.0833. The van der Waals surface area contributed by atoms with Crippen molar-refractivity contribution in [2.45, 2.75) is 6.92 Å². The van der Waals surface area contributed by atoms with Gasteiger partial charge in [-0.1, -0.05) is 18.2 Å². The number of aromatic hydroxyl groups is 1. The average molecular weight is 185 g/mol. The largest absolute Gasteiger partial charge is 0.507 e. The summed E-state index contributed by atoms with van der Waals surface area (Å²) in [5.41, 5.74) is 2.69. The van der Waals surface area contributed by atoms with E-state index in [2.05, 4.69) is 4.98 Å². The second-order valence-electron chi connectivity index (χ2n) is 3.19. The molecule has 0 amide bonds. The molecule has 0 aliphatic heterocycles. The van der Waals surface area contributed by atoms with Crippen LogP contribution in [0.3, 0.4) is 0 Å². The summed E-state index contributed by atoms with van der Waals surface area (Å²) in [6.07, 6.45) is 1.73. The molecule has 0 saturated carbocycles. The zero-order valence-corrected chi connectivity index (χ0v) is 7.94. The molecule has 0 aliphatic rings. The summed E-state index contributed by atoms with van der Waals surface area (Å²) in [7, 11) is 0. The Morgan fingerprint density at radius 1 is 1.07 bits per heavy atom. The van der Waals surface area contributed by atoms with E-state index in [1.807, 2.05) is 31.2 Å². The van der Waals surface area contributed by atoms with Gasteiger partial charge in [0.25, 0.3) is 0 Å². The molecule has 2 heteroatoms. The number of hydrogen-bond acceptors (Lipinski definition) is 2. The van der Waals surface area contributed by atoms with Gasteiger partial charge in [0.1, 0.15) is 5.75 Å². The molecule has 0 unspecified atom stereocenters. The van der Waals surface area contributed by atoms with Gasteiger partial charge in [-0.3, -0.25) is 4.98 Å². The van der Waals surface area contributed by atoms with Crippen molar-refractivity contribution >= 4 is 0 Å². The zero-order valence-electron chi connectivity index (χ0n) is 7.94. The van der Waals surface area contributed by atoms with Gasteiger partial charge in [-0.25, -0.2) is 0 Å². The van der Waals surface area contributed by atoms with Gasteiger partial charge in [-0.05, 0) is 30.7 Å². The van der Waals surface area contributed by atoms with Gasteiger partial charge in [0.15, 0.2) is 0 Å². The number of phenolic OH excluding ortho intramolecular Hbond substituents is 1. The Morgan fingerprint density at radius 3 is 2.57 bits per heavy atom. The van der Waals surface area contributed by atoms with E-state index >= 15 is 0 Å². The number of pyridine rings is 1. The summed E-state index contributed by atoms with van der Waals surface area (Å²) in [5.74, 6) is 0.273. The Labute approximate surface area is 82.9 Å². The first-order valence-electron chi connectivity index (χ1n) is 4.49. The first-order chi connectivity index (χ1) is 6.79. The third-order valence-corrected chi connectivity index (χ3v) is 2.17. The third-order valence-electron chi connectivity index (χ3n) is 2.17. The second kappa shape index (κ2) is 3.50. The van der Waals surface area contributed by atoms with E-state index in [4.69, 9.17) is 0 Å². The maximum Gasteiger partial charge on any atom is 0.124 e. The number of aromatic nitrogens is 1. The van der Waals surface area contributed by atoms with Gasteiger partial charge in [0.05, 0.1) is 5.69 Å². The smallest absolute Gasteiger partial charge is 0.124 e. The lowest BCUT2D eigenvalue weighted by Gasteiger charge is -2.05. The lowest BCUT2D eigenvalue weighted by molar-refractivity contribution is 0.477. The molecule has 0 radical (unpaired) electrons. The number of phenols is 1. The Hall–Kier alpha value is -1.83. The SMILES string of the molecule is Cc1cccnc1-c1ccccc1O. The molecular formula is C12H11NO. The van der Waals surface area contributed by atoms with Gasteiger partial charge in [0.2, 0.25) is 0 Å². The number of rotatable bonds is 1. The van der Waals surface area contributed by atoms with Crippen LogP contribution in [0.25, 0.3) is 11.3 Å². The van der Waals surface area contributed by atoms with Crippen LogP contribution in [0.5, 0.6) is 5.75 Å². The van der Waals surface area contributed by atoms with Crippen LogP contribution < -0.4 is 0 Å². The highest BCUT2D eigenvalue weighted by Gasteiger charge is 2.05. The van der Waals surface area contributed by atoms with Crippen LogP contribution in [0, 0.1) is 6.92 Å². The number of aryl methyl sites for hydroxylation is 1. The third kappa shape index (κ3) is 1.46. The van der Waals surface area contributed by atoms with Gasteiger partial charge < -0.3 is 5.11 Å².